The second kappa shape index (κ2) is 8.74. The molecule has 1 saturated heterocycles. The van der Waals surface area contributed by atoms with E-state index in [0.717, 1.165) is 19.6 Å². The van der Waals surface area contributed by atoms with Gasteiger partial charge in [-0.2, -0.15) is 0 Å². The lowest BCUT2D eigenvalue weighted by Crippen LogP contribution is -2.50. The van der Waals surface area contributed by atoms with E-state index in [4.69, 9.17) is 0 Å². The molecule has 1 aromatic carbocycles. The molecule has 0 unspecified atom stereocenters. The average molecular weight is 388 g/mol. The number of hydrogen-bond donors (Lipinski definition) is 1. The Balaban J connectivity index is 1.45. The third-order valence-corrected chi connectivity index (χ3v) is 5.27. The summed E-state index contributed by atoms with van der Waals surface area (Å²) in [5, 5.41) is 15.4. The van der Waals surface area contributed by atoms with Crippen molar-refractivity contribution in [2.45, 2.75) is 6.54 Å². The van der Waals surface area contributed by atoms with Gasteiger partial charge in [-0.1, -0.05) is 12.1 Å². The van der Waals surface area contributed by atoms with Gasteiger partial charge in [-0.25, -0.2) is 0 Å². The summed E-state index contributed by atoms with van der Waals surface area (Å²) in [6.07, 6.45) is 0. The lowest BCUT2D eigenvalue weighted by atomic mass is 10.2. The van der Waals surface area contributed by atoms with Gasteiger partial charge in [0.25, 0.3) is 11.6 Å². The number of non-ortho nitro benzene ring substituents is 1. The molecule has 27 heavy (non-hydrogen) atoms. The first kappa shape index (κ1) is 19.0. The molecule has 3 rings (SSSR count). The van der Waals surface area contributed by atoms with Gasteiger partial charge in [0, 0.05) is 55.3 Å². The molecule has 2 amide bonds. The van der Waals surface area contributed by atoms with E-state index >= 15 is 0 Å². The molecular formula is C18H20N4O4S. The molecule has 0 bridgehead atoms. The fraction of sp³-hybridized carbons (Fsp3) is 0.333. The van der Waals surface area contributed by atoms with Crippen LogP contribution in [0.4, 0.5) is 5.69 Å². The van der Waals surface area contributed by atoms with E-state index in [-0.39, 0.29) is 23.7 Å². The smallest absolute Gasteiger partial charge is 0.270 e. The number of carbonyl (C=O) groups excluding carboxylic acids is 2. The van der Waals surface area contributed by atoms with Crippen LogP contribution in [0.5, 0.6) is 0 Å². The number of benzene rings is 1. The highest BCUT2D eigenvalue weighted by atomic mass is 32.1. The van der Waals surface area contributed by atoms with Crippen LogP contribution in [-0.2, 0) is 11.3 Å². The van der Waals surface area contributed by atoms with Gasteiger partial charge in [0.2, 0.25) is 5.91 Å². The van der Waals surface area contributed by atoms with E-state index in [1.807, 2.05) is 6.07 Å². The standard InChI is InChI=1S/C18H20N4O4S/c23-17(12-19-18(24)14-3-1-4-15(11-14)22(25)26)21-8-6-20(7-9-21)13-16-5-2-10-27-16/h1-5,10-11H,6-9,12-13H2,(H,19,24). The van der Waals surface area contributed by atoms with E-state index in [9.17, 15) is 19.7 Å². The van der Waals surface area contributed by atoms with E-state index in [2.05, 4.69) is 21.7 Å². The zero-order valence-electron chi connectivity index (χ0n) is 14.7. The summed E-state index contributed by atoms with van der Waals surface area (Å²) >= 11 is 1.72. The van der Waals surface area contributed by atoms with Gasteiger partial charge in [0.1, 0.15) is 0 Å². The Hall–Kier alpha value is -2.78. The van der Waals surface area contributed by atoms with E-state index < -0.39 is 10.8 Å². The molecule has 8 nitrogen and oxygen atoms in total. The van der Waals surface area contributed by atoms with Crippen LogP contribution in [0.1, 0.15) is 15.2 Å². The van der Waals surface area contributed by atoms with Crippen molar-refractivity contribution in [3.63, 3.8) is 0 Å². The number of nitrogens with one attached hydrogen (secondary N) is 1. The Morgan fingerprint density at radius 2 is 1.93 bits per heavy atom. The summed E-state index contributed by atoms with van der Waals surface area (Å²) in [5.74, 6) is -0.645. The van der Waals surface area contributed by atoms with Gasteiger partial charge in [-0.3, -0.25) is 24.6 Å². The normalized spacial score (nSPS) is 14.7. The highest BCUT2D eigenvalue weighted by Gasteiger charge is 2.22. The number of carbonyl (C=O) groups is 2. The fourth-order valence-corrected chi connectivity index (χ4v) is 3.65. The van der Waals surface area contributed by atoms with Crippen LogP contribution < -0.4 is 5.32 Å². The minimum Gasteiger partial charge on any atom is -0.343 e. The quantitative estimate of drug-likeness (QED) is 0.601. The second-order valence-corrected chi connectivity index (χ2v) is 7.26. The molecule has 0 radical (unpaired) electrons. The van der Waals surface area contributed by atoms with Crippen molar-refractivity contribution >= 4 is 28.8 Å². The lowest BCUT2D eigenvalue weighted by Gasteiger charge is -2.34. The van der Waals surface area contributed by atoms with Crippen molar-refractivity contribution in [2.24, 2.45) is 0 Å². The second-order valence-electron chi connectivity index (χ2n) is 6.23. The minimum absolute atomic E-state index is 0.119. The molecule has 0 atom stereocenters. The van der Waals surface area contributed by atoms with Crippen molar-refractivity contribution in [2.75, 3.05) is 32.7 Å². The molecule has 1 aromatic heterocycles. The molecule has 1 aliphatic rings. The van der Waals surface area contributed by atoms with Gasteiger partial charge >= 0.3 is 0 Å². The van der Waals surface area contributed by atoms with Gasteiger partial charge < -0.3 is 10.2 Å². The molecule has 142 valence electrons. The Bertz CT molecular complexity index is 817. The van der Waals surface area contributed by atoms with E-state index in [1.54, 1.807) is 16.2 Å². The van der Waals surface area contributed by atoms with Crippen LogP contribution >= 0.6 is 11.3 Å². The molecule has 2 aromatic rings. The first-order valence-corrected chi connectivity index (χ1v) is 9.46. The zero-order chi connectivity index (χ0) is 19.2. The molecule has 9 heteroatoms. The summed E-state index contributed by atoms with van der Waals surface area (Å²) in [7, 11) is 0. The van der Waals surface area contributed by atoms with Crippen LogP contribution in [0.2, 0.25) is 0 Å². The summed E-state index contributed by atoms with van der Waals surface area (Å²) in [6.45, 7) is 3.61. The van der Waals surface area contributed by atoms with Gasteiger partial charge in [0.05, 0.1) is 11.5 Å². The summed E-state index contributed by atoms with van der Waals surface area (Å²) < 4.78 is 0. The Kier molecular flexibility index (Phi) is 6.15. The summed E-state index contributed by atoms with van der Waals surface area (Å²) in [5.41, 5.74) is 0.00797. The number of hydrogen-bond acceptors (Lipinski definition) is 6. The largest absolute Gasteiger partial charge is 0.343 e. The third kappa shape index (κ3) is 5.11. The van der Waals surface area contributed by atoms with Gasteiger partial charge in [-0.15, -0.1) is 11.3 Å². The Morgan fingerprint density at radius 3 is 2.59 bits per heavy atom. The van der Waals surface area contributed by atoms with Crippen molar-refractivity contribution in [1.82, 2.24) is 15.1 Å². The number of thiophene rings is 1. The summed E-state index contributed by atoms with van der Waals surface area (Å²) in [6, 6.07) is 9.58. The zero-order valence-corrected chi connectivity index (χ0v) is 15.5. The first-order chi connectivity index (χ1) is 13.0. The predicted molar refractivity (Wildman–Crippen MR) is 102 cm³/mol. The van der Waals surface area contributed by atoms with Crippen LogP contribution in [0.25, 0.3) is 0 Å². The van der Waals surface area contributed by atoms with Crippen LogP contribution in [0.3, 0.4) is 0 Å². The maximum Gasteiger partial charge on any atom is 0.270 e. The molecule has 0 spiro atoms. The molecule has 1 aliphatic heterocycles. The molecule has 0 saturated carbocycles. The molecule has 0 aliphatic carbocycles. The first-order valence-electron chi connectivity index (χ1n) is 8.58. The molecule has 1 N–H and O–H groups in total. The average Bonchev–Trinajstić information content (AvgIpc) is 3.19. The van der Waals surface area contributed by atoms with Gasteiger partial charge in [-0.05, 0) is 17.5 Å². The highest BCUT2D eigenvalue weighted by Crippen LogP contribution is 2.14. The van der Waals surface area contributed by atoms with Crippen molar-refractivity contribution < 1.29 is 14.5 Å². The number of rotatable bonds is 6. The van der Waals surface area contributed by atoms with Crippen molar-refractivity contribution in [3.8, 4) is 0 Å². The number of piperazine rings is 1. The number of nitro benzene ring substituents is 1. The number of nitro groups is 1. The van der Waals surface area contributed by atoms with Gasteiger partial charge in [0.15, 0.2) is 0 Å². The predicted octanol–water partition coefficient (Wildman–Crippen LogP) is 1.73. The van der Waals surface area contributed by atoms with E-state index in [0.29, 0.717) is 13.1 Å². The van der Waals surface area contributed by atoms with E-state index in [1.165, 1.54) is 29.1 Å². The molecule has 1 fully saturated rings. The van der Waals surface area contributed by atoms with Crippen LogP contribution in [0, 0.1) is 10.1 Å². The fourth-order valence-electron chi connectivity index (χ4n) is 2.91. The topological polar surface area (TPSA) is 95.8 Å². The lowest BCUT2D eigenvalue weighted by molar-refractivity contribution is -0.384. The Labute approximate surface area is 160 Å². The van der Waals surface area contributed by atoms with Crippen LogP contribution in [0.15, 0.2) is 41.8 Å². The van der Waals surface area contributed by atoms with Crippen LogP contribution in [-0.4, -0.2) is 59.3 Å². The third-order valence-electron chi connectivity index (χ3n) is 4.40. The highest BCUT2D eigenvalue weighted by molar-refractivity contribution is 7.09. The molecular weight excluding hydrogens is 368 g/mol. The number of nitrogens with zero attached hydrogens (tertiary/aromatic N) is 3. The Morgan fingerprint density at radius 1 is 1.15 bits per heavy atom. The number of amides is 2. The van der Waals surface area contributed by atoms with Crippen molar-refractivity contribution in [1.29, 1.82) is 0 Å². The minimum atomic E-state index is -0.558. The molecule has 2 heterocycles. The monoisotopic (exact) mass is 388 g/mol. The maximum atomic E-state index is 12.3. The SMILES string of the molecule is O=C(NCC(=O)N1CCN(Cc2cccs2)CC1)c1cccc([N+](=O)[O-])c1. The van der Waals surface area contributed by atoms with Crippen molar-refractivity contribution in [3.05, 3.63) is 62.3 Å². The summed E-state index contributed by atoms with van der Waals surface area (Å²) in [4.78, 5) is 40.0. The maximum absolute atomic E-state index is 12.3.